The minimum Gasteiger partial charge on any atom is -1.00 e. The number of carbonyl (C=O) groups excluding carboxylic acids is 2. The second-order valence-electron chi connectivity index (χ2n) is 1.07. The van der Waals surface area contributed by atoms with E-state index in [4.69, 9.17) is 0 Å². The summed E-state index contributed by atoms with van der Waals surface area (Å²) in [5.74, 6) is -0.0787. The predicted octanol–water partition coefficient (Wildman–Crippen LogP) is -2.72. The Morgan fingerprint density at radius 3 is 2.29 bits per heavy atom. The van der Waals surface area contributed by atoms with Gasteiger partial charge >= 0.3 is 51.4 Å². The van der Waals surface area contributed by atoms with Gasteiger partial charge in [-0.15, -0.1) is 0 Å². The van der Waals surface area contributed by atoms with Crippen LogP contribution in [0.5, 0.6) is 0 Å². The number of ketones is 1. The Bertz CT molecular complexity index is 74.4. The number of aldehydes is 1. The molecular weight excluding hydrogens is 119 g/mol. The maximum Gasteiger partial charge on any atom is 1.00 e. The van der Waals surface area contributed by atoms with Crippen molar-refractivity contribution in [3.63, 3.8) is 0 Å². The maximum absolute atomic E-state index is 9.81. The van der Waals surface area contributed by atoms with E-state index < -0.39 is 0 Å². The second-order valence-corrected chi connectivity index (χ2v) is 1.07. The third-order valence-electron chi connectivity index (χ3n) is 0.371. The first-order valence-corrected chi connectivity index (χ1v) is 1.70. The van der Waals surface area contributed by atoms with Crippen molar-refractivity contribution in [2.75, 3.05) is 0 Å². The van der Waals surface area contributed by atoms with Gasteiger partial charge < -0.3 is 6.22 Å². The van der Waals surface area contributed by atoms with Crippen LogP contribution in [-0.4, -0.2) is 12.1 Å². The van der Waals surface area contributed by atoms with Gasteiger partial charge in [0, 0.05) is 0 Å². The van der Waals surface area contributed by atoms with Crippen molar-refractivity contribution in [1.29, 1.82) is 0 Å². The Labute approximate surface area is 86.6 Å². The minimum atomic E-state index is -0.0787. The number of hydrogen-bond acceptors (Lipinski definition) is 2. The summed E-state index contributed by atoms with van der Waals surface area (Å²) >= 11 is 0. The molecule has 0 heterocycles. The molecule has 0 atom stereocenters. The molecule has 0 fully saturated rings. The van der Waals surface area contributed by atoms with Gasteiger partial charge in [0.25, 0.3) is 0 Å². The summed E-state index contributed by atoms with van der Waals surface area (Å²) in [6.45, 7) is 1.38. The van der Waals surface area contributed by atoms with Gasteiger partial charge in [-0.3, -0.25) is 4.79 Å². The van der Waals surface area contributed by atoms with Crippen molar-refractivity contribution in [1.82, 2.24) is 0 Å². The molecule has 0 aromatic heterocycles. The van der Waals surface area contributed by atoms with Crippen LogP contribution >= 0.6 is 0 Å². The van der Waals surface area contributed by atoms with E-state index in [0.29, 0.717) is 6.29 Å². The summed E-state index contributed by atoms with van der Waals surface area (Å²) in [7, 11) is 0. The van der Waals surface area contributed by atoms with Crippen molar-refractivity contribution in [3.05, 3.63) is 0 Å². The molecule has 0 aliphatic rings. The van der Waals surface area contributed by atoms with Crippen LogP contribution in [0.25, 0.3) is 0 Å². The zero-order chi connectivity index (χ0) is 4.99. The maximum atomic E-state index is 9.81. The smallest absolute Gasteiger partial charge is 1.00 e. The molecule has 0 spiro atoms. The first kappa shape index (κ1) is 10.9. The monoisotopic (exact) mass is 126 g/mol. The predicted molar refractivity (Wildman–Crippen MR) is 22.5 cm³/mol. The van der Waals surface area contributed by atoms with Gasteiger partial charge in [-0.1, -0.05) is 0 Å². The topological polar surface area (TPSA) is 34.1 Å². The van der Waals surface area contributed by atoms with Crippen LogP contribution in [0.1, 0.15) is 14.8 Å². The molecular formula is C4H7KO2. The number of hydrogen-bond donors (Lipinski definition) is 0. The Morgan fingerprint density at radius 2 is 2.29 bits per heavy atom. The summed E-state index contributed by atoms with van der Waals surface area (Å²) in [6, 6.07) is 0. The van der Waals surface area contributed by atoms with Gasteiger partial charge in [-0.05, 0) is 6.92 Å². The van der Waals surface area contributed by atoms with Gasteiger partial charge in [0.2, 0.25) is 0 Å². The first-order chi connectivity index (χ1) is 2.77. The van der Waals surface area contributed by atoms with Crippen LogP contribution in [0.15, 0.2) is 0 Å². The number of Topliss-reactive ketones (excluding diaryl/α,β-unsaturated/α-hetero) is 1. The molecule has 2 nitrogen and oxygen atoms in total. The first-order valence-electron chi connectivity index (χ1n) is 1.70. The Hall–Kier alpha value is 0.976. The fraction of sp³-hybridized carbons (Fsp3) is 0.500. The number of rotatable bonds is 2. The Morgan fingerprint density at radius 1 is 1.86 bits per heavy atom. The Balaban J connectivity index is -0.000000125. The molecule has 0 saturated heterocycles. The summed E-state index contributed by atoms with van der Waals surface area (Å²) < 4.78 is 0. The van der Waals surface area contributed by atoms with Crippen molar-refractivity contribution < 1.29 is 62.4 Å². The Kier molecular flexibility index (Phi) is 10.8. The van der Waals surface area contributed by atoms with Gasteiger partial charge in [0.05, 0.1) is 6.42 Å². The van der Waals surface area contributed by atoms with Gasteiger partial charge in [-0.25, -0.2) is 0 Å². The minimum absolute atomic E-state index is 0. The summed E-state index contributed by atoms with van der Waals surface area (Å²) in [6.07, 6.45) is 0.655. The van der Waals surface area contributed by atoms with Crippen molar-refractivity contribution >= 4 is 12.1 Å². The van der Waals surface area contributed by atoms with E-state index in [1.165, 1.54) is 6.92 Å². The molecule has 0 aromatic carbocycles. The molecule has 0 amide bonds. The second kappa shape index (κ2) is 6.98. The van der Waals surface area contributed by atoms with Crippen LogP contribution in [0, 0.1) is 0 Å². The average molecular weight is 126 g/mol. The summed E-state index contributed by atoms with van der Waals surface area (Å²) in [4.78, 5) is 19.2. The average Bonchev–Trinajstić information content (AvgIpc) is 1.35. The van der Waals surface area contributed by atoms with E-state index in [-0.39, 0.29) is 65.0 Å². The van der Waals surface area contributed by atoms with E-state index >= 15 is 0 Å². The molecule has 0 aliphatic carbocycles. The molecule has 0 bridgehead atoms. The molecule has 0 unspecified atom stereocenters. The number of carbonyl (C=O) groups is 2. The molecule has 0 radical (unpaired) electrons. The van der Waals surface area contributed by atoms with Crippen molar-refractivity contribution in [3.8, 4) is 0 Å². The van der Waals surface area contributed by atoms with E-state index in [1.54, 1.807) is 0 Å². The fourth-order valence-corrected chi connectivity index (χ4v) is 0.117. The standard InChI is InChI=1S/C4H6O2.K.H/c1-4(6)2-3-5;;/h3H,2H2,1H3;;/q;+1;-1. The molecule has 7 heavy (non-hydrogen) atoms. The van der Waals surface area contributed by atoms with Crippen LogP contribution in [-0.2, 0) is 9.59 Å². The fourth-order valence-electron chi connectivity index (χ4n) is 0.117. The normalized spacial score (nSPS) is 6.43. The summed E-state index contributed by atoms with van der Waals surface area (Å²) in [5, 5.41) is 0. The van der Waals surface area contributed by atoms with E-state index in [9.17, 15) is 9.59 Å². The van der Waals surface area contributed by atoms with Gasteiger partial charge in [0.1, 0.15) is 12.1 Å². The zero-order valence-corrected chi connectivity index (χ0v) is 7.72. The van der Waals surface area contributed by atoms with Crippen LogP contribution in [0.2, 0.25) is 0 Å². The van der Waals surface area contributed by atoms with Gasteiger partial charge in [-0.2, -0.15) is 0 Å². The molecule has 36 valence electrons. The molecule has 0 aliphatic heterocycles. The molecule has 0 N–H and O–H groups in total. The van der Waals surface area contributed by atoms with Gasteiger partial charge in [0.15, 0.2) is 0 Å². The third kappa shape index (κ3) is 10.9. The quantitative estimate of drug-likeness (QED) is 0.229. The molecule has 0 rings (SSSR count). The van der Waals surface area contributed by atoms with Crippen LogP contribution in [0.4, 0.5) is 0 Å². The zero-order valence-electron chi connectivity index (χ0n) is 5.60. The van der Waals surface area contributed by atoms with Crippen LogP contribution < -0.4 is 51.4 Å². The summed E-state index contributed by atoms with van der Waals surface area (Å²) in [5.41, 5.74) is 0. The van der Waals surface area contributed by atoms with Crippen molar-refractivity contribution in [2.24, 2.45) is 0 Å². The molecule has 3 heteroatoms. The van der Waals surface area contributed by atoms with Crippen LogP contribution in [0.3, 0.4) is 0 Å². The van der Waals surface area contributed by atoms with E-state index in [1.807, 2.05) is 0 Å². The largest absolute Gasteiger partial charge is 1.00 e. The third-order valence-corrected chi connectivity index (χ3v) is 0.371. The van der Waals surface area contributed by atoms with E-state index in [0.717, 1.165) is 0 Å². The SMILES string of the molecule is CC(=O)CC=O.[H-].[K+]. The van der Waals surface area contributed by atoms with E-state index in [2.05, 4.69) is 0 Å². The molecule has 0 aromatic rings. The molecule has 0 saturated carbocycles. The van der Waals surface area contributed by atoms with Crippen molar-refractivity contribution in [2.45, 2.75) is 13.3 Å².